The molecule has 0 atom stereocenters. The number of guanidine groups is 1. The molecule has 0 aliphatic rings. The van der Waals surface area contributed by atoms with E-state index in [0.29, 0.717) is 0 Å². The number of aliphatic imine (C=N–C) groups is 1. The van der Waals surface area contributed by atoms with Crippen LogP contribution in [-0.2, 0) is 6.42 Å². The summed E-state index contributed by atoms with van der Waals surface area (Å²) in [7, 11) is 5.10. The second kappa shape index (κ2) is 9.91. The Morgan fingerprint density at radius 2 is 1.81 bits per heavy atom. The predicted molar refractivity (Wildman–Crippen MR) is 87.5 cm³/mol. The maximum atomic E-state index is 5.31. The molecule has 0 radical (unpaired) electrons. The molecule has 0 spiro atoms. The first kappa shape index (κ1) is 17.1. The maximum absolute atomic E-state index is 5.31. The molecule has 0 aromatic heterocycles. The third kappa shape index (κ3) is 5.94. The van der Waals surface area contributed by atoms with Gasteiger partial charge in [-0.05, 0) is 37.0 Å². The van der Waals surface area contributed by atoms with Crippen molar-refractivity contribution in [1.29, 1.82) is 0 Å². The van der Waals surface area contributed by atoms with Gasteiger partial charge in [0, 0.05) is 20.1 Å². The van der Waals surface area contributed by atoms with Crippen LogP contribution in [0.1, 0.15) is 25.3 Å². The zero-order chi connectivity index (χ0) is 15.5. The van der Waals surface area contributed by atoms with Crippen LogP contribution in [0.2, 0.25) is 0 Å². The summed E-state index contributed by atoms with van der Waals surface area (Å²) in [4.78, 5) is 4.18. The topological polar surface area (TPSA) is 54.9 Å². The van der Waals surface area contributed by atoms with Gasteiger partial charge in [0.25, 0.3) is 0 Å². The molecule has 0 aliphatic carbocycles. The molecular formula is C16H27N3O2. The summed E-state index contributed by atoms with van der Waals surface area (Å²) < 4.78 is 10.6. The summed E-state index contributed by atoms with van der Waals surface area (Å²) in [6.07, 6.45) is 3.10. The molecule has 5 nitrogen and oxygen atoms in total. The van der Waals surface area contributed by atoms with E-state index in [9.17, 15) is 0 Å². The smallest absolute Gasteiger partial charge is 0.190 e. The Bertz CT molecular complexity index is 447. The average molecular weight is 293 g/mol. The quantitative estimate of drug-likeness (QED) is 0.438. The molecule has 0 aliphatic heterocycles. The first-order chi connectivity index (χ1) is 10.2. The highest BCUT2D eigenvalue weighted by Crippen LogP contribution is 2.27. The molecule has 5 heteroatoms. The van der Waals surface area contributed by atoms with E-state index in [1.54, 1.807) is 21.3 Å². The van der Waals surface area contributed by atoms with E-state index in [0.717, 1.165) is 49.8 Å². The van der Waals surface area contributed by atoms with Crippen molar-refractivity contribution in [3.63, 3.8) is 0 Å². The summed E-state index contributed by atoms with van der Waals surface area (Å²) in [5.74, 6) is 2.41. The van der Waals surface area contributed by atoms with Crippen molar-refractivity contribution in [2.75, 3.05) is 34.4 Å². The van der Waals surface area contributed by atoms with Gasteiger partial charge in [-0.2, -0.15) is 0 Å². The SMILES string of the molecule is CCCNC(=NC)NCCCc1ccc(OC)c(OC)c1. The third-order valence-electron chi connectivity index (χ3n) is 3.15. The lowest BCUT2D eigenvalue weighted by Crippen LogP contribution is -2.38. The van der Waals surface area contributed by atoms with E-state index < -0.39 is 0 Å². The van der Waals surface area contributed by atoms with Gasteiger partial charge in [-0.1, -0.05) is 13.0 Å². The Balaban J connectivity index is 2.38. The Morgan fingerprint density at radius 1 is 1.10 bits per heavy atom. The van der Waals surface area contributed by atoms with Crippen molar-refractivity contribution in [2.45, 2.75) is 26.2 Å². The normalized spacial score (nSPS) is 11.1. The van der Waals surface area contributed by atoms with E-state index in [2.05, 4.69) is 28.6 Å². The van der Waals surface area contributed by atoms with E-state index >= 15 is 0 Å². The van der Waals surface area contributed by atoms with Crippen LogP contribution >= 0.6 is 0 Å². The number of methoxy groups -OCH3 is 2. The number of aryl methyl sites for hydroxylation is 1. The Hall–Kier alpha value is -1.91. The summed E-state index contributed by atoms with van der Waals surface area (Å²) in [6, 6.07) is 6.05. The van der Waals surface area contributed by atoms with E-state index in [4.69, 9.17) is 9.47 Å². The lowest BCUT2D eigenvalue weighted by molar-refractivity contribution is 0.354. The van der Waals surface area contributed by atoms with E-state index in [1.165, 1.54) is 5.56 Å². The first-order valence-electron chi connectivity index (χ1n) is 7.40. The van der Waals surface area contributed by atoms with Crippen LogP contribution in [0.5, 0.6) is 11.5 Å². The van der Waals surface area contributed by atoms with Crippen LogP contribution in [0, 0.1) is 0 Å². The van der Waals surface area contributed by atoms with Gasteiger partial charge in [-0.15, -0.1) is 0 Å². The van der Waals surface area contributed by atoms with Crippen molar-refractivity contribution < 1.29 is 9.47 Å². The number of rotatable bonds is 8. The second-order valence-corrected chi connectivity index (χ2v) is 4.72. The average Bonchev–Trinajstić information content (AvgIpc) is 2.53. The molecule has 0 unspecified atom stereocenters. The van der Waals surface area contributed by atoms with Crippen molar-refractivity contribution >= 4 is 5.96 Å². The van der Waals surface area contributed by atoms with Crippen LogP contribution in [0.25, 0.3) is 0 Å². The predicted octanol–water partition coefficient (Wildman–Crippen LogP) is 2.21. The summed E-state index contributed by atoms with van der Waals surface area (Å²) in [5, 5.41) is 6.56. The highest BCUT2D eigenvalue weighted by molar-refractivity contribution is 5.79. The molecule has 0 saturated carbocycles. The van der Waals surface area contributed by atoms with Gasteiger partial charge in [-0.25, -0.2) is 0 Å². The number of hydrogen-bond donors (Lipinski definition) is 2. The summed E-state index contributed by atoms with van der Waals surface area (Å²) >= 11 is 0. The molecule has 0 heterocycles. The second-order valence-electron chi connectivity index (χ2n) is 4.72. The van der Waals surface area contributed by atoms with Gasteiger partial charge in [0.2, 0.25) is 0 Å². The molecule has 0 fully saturated rings. The minimum absolute atomic E-state index is 0.767. The number of ether oxygens (including phenoxy) is 2. The Labute approximate surface area is 127 Å². The van der Waals surface area contributed by atoms with Gasteiger partial charge in [-0.3, -0.25) is 4.99 Å². The van der Waals surface area contributed by atoms with Crippen LogP contribution in [-0.4, -0.2) is 40.3 Å². The summed E-state index contributed by atoms with van der Waals surface area (Å²) in [6.45, 7) is 3.96. The molecule has 1 aromatic rings. The Kier molecular flexibility index (Phi) is 8.09. The fourth-order valence-corrected chi connectivity index (χ4v) is 2.00. The molecule has 21 heavy (non-hydrogen) atoms. The number of benzene rings is 1. The highest BCUT2D eigenvalue weighted by Gasteiger charge is 2.04. The molecule has 2 N–H and O–H groups in total. The molecule has 118 valence electrons. The molecular weight excluding hydrogens is 266 g/mol. The largest absolute Gasteiger partial charge is 0.493 e. The minimum Gasteiger partial charge on any atom is -0.493 e. The number of nitrogens with zero attached hydrogens (tertiary/aromatic N) is 1. The fraction of sp³-hybridized carbons (Fsp3) is 0.562. The van der Waals surface area contributed by atoms with Crippen molar-refractivity contribution in [2.24, 2.45) is 4.99 Å². The van der Waals surface area contributed by atoms with E-state index in [1.807, 2.05) is 12.1 Å². The van der Waals surface area contributed by atoms with Gasteiger partial charge >= 0.3 is 0 Å². The number of nitrogens with one attached hydrogen (secondary N) is 2. The lowest BCUT2D eigenvalue weighted by atomic mass is 10.1. The number of hydrogen-bond acceptors (Lipinski definition) is 3. The third-order valence-corrected chi connectivity index (χ3v) is 3.15. The molecule has 0 saturated heterocycles. The van der Waals surface area contributed by atoms with E-state index in [-0.39, 0.29) is 0 Å². The van der Waals surface area contributed by atoms with Gasteiger partial charge < -0.3 is 20.1 Å². The van der Waals surface area contributed by atoms with Crippen LogP contribution in [0.15, 0.2) is 23.2 Å². The Morgan fingerprint density at radius 3 is 2.43 bits per heavy atom. The van der Waals surface area contributed by atoms with Gasteiger partial charge in [0.05, 0.1) is 14.2 Å². The fourth-order valence-electron chi connectivity index (χ4n) is 2.00. The first-order valence-corrected chi connectivity index (χ1v) is 7.40. The highest BCUT2D eigenvalue weighted by atomic mass is 16.5. The monoisotopic (exact) mass is 293 g/mol. The molecule has 0 bridgehead atoms. The van der Waals surface area contributed by atoms with Crippen LogP contribution < -0.4 is 20.1 Å². The van der Waals surface area contributed by atoms with Gasteiger partial charge in [0.1, 0.15) is 0 Å². The molecule has 1 rings (SSSR count). The van der Waals surface area contributed by atoms with Crippen molar-refractivity contribution in [1.82, 2.24) is 10.6 Å². The molecule has 1 aromatic carbocycles. The zero-order valence-electron chi connectivity index (χ0n) is 13.5. The van der Waals surface area contributed by atoms with Crippen molar-refractivity contribution in [3.8, 4) is 11.5 Å². The molecule has 0 amide bonds. The standard InChI is InChI=1S/C16H27N3O2/c1-5-10-18-16(17-2)19-11-6-7-13-8-9-14(20-3)15(12-13)21-4/h8-9,12H,5-7,10-11H2,1-4H3,(H2,17,18,19). The van der Waals surface area contributed by atoms with Crippen molar-refractivity contribution in [3.05, 3.63) is 23.8 Å². The van der Waals surface area contributed by atoms with Gasteiger partial charge in [0.15, 0.2) is 17.5 Å². The summed E-state index contributed by atoms with van der Waals surface area (Å²) in [5.41, 5.74) is 1.24. The lowest BCUT2D eigenvalue weighted by Gasteiger charge is -2.12. The maximum Gasteiger partial charge on any atom is 0.190 e. The zero-order valence-corrected chi connectivity index (χ0v) is 13.5. The van der Waals surface area contributed by atoms with Crippen LogP contribution in [0.4, 0.5) is 0 Å². The minimum atomic E-state index is 0.767. The van der Waals surface area contributed by atoms with Crippen LogP contribution in [0.3, 0.4) is 0 Å².